The van der Waals surface area contributed by atoms with E-state index >= 15 is 0 Å². The first-order valence-electron chi connectivity index (χ1n) is 3.95. The molecule has 0 amide bonds. The van der Waals surface area contributed by atoms with Crippen molar-refractivity contribution >= 4 is 19.7 Å². The van der Waals surface area contributed by atoms with Crippen molar-refractivity contribution in [2.24, 2.45) is 0 Å². The molecule has 0 aliphatic rings. The summed E-state index contributed by atoms with van der Waals surface area (Å²) in [5, 5.41) is 0. The number of nitrogens with one attached hydrogen (secondary N) is 1. The smallest absolute Gasteiger partial charge is 0.404 e. The number of hydrogen-bond acceptors (Lipinski definition) is 4. The fourth-order valence-corrected chi connectivity index (χ4v) is 1.86. The number of hydrogen-bond donors (Lipinski definition) is 1. The average Bonchev–Trinajstić information content (AvgIpc) is 2.05. The number of aromatic amines is 1. The predicted molar refractivity (Wildman–Crippen MR) is 51.5 cm³/mol. The van der Waals surface area contributed by atoms with Crippen LogP contribution in [0.15, 0.2) is 15.8 Å². The van der Waals surface area contributed by atoms with Gasteiger partial charge in [0.2, 0.25) is 0 Å². The van der Waals surface area contributed by atoms with E-state index in [9.17, 15) is 26.4 Å². The van der Waals surface area contributed by atoms with Crippen LogP contribution in [0, 0.1) is 6.92 Å². The van der Waals surface area contributed by atoms with Gasteiger partial charge in [0.05, 0.1) is 5.69 Å². The molecule has 0 spiro atoms. The Bertz CT molecular complexity index is 592. The van der Waals surface area contributed by atoms with Gasteiger partial charge in [-0.25, -0.2) is 8.42 Å². The summed E-state index contributed by atoms with van der Waals surface area (Å²) in [5.41, 5.74) is -1.39. The quantitative estimate of drug-likeness (QED) is 0.838. The van der Waals surface area contributed by atoms with Crippen LogP contribution in [0.2, 0.25) is 0 Å². The number of halogens is 4. The van der Waals surface area contributed by atoms with Crippen molar-refractivity contribution in [1.29, 1.82) is 0 Å². The van der Waals surface area contributed by atoms with E-state index in [1.807, 2.05) is 4.98 Å². The Morgan fingerprint density at radius 2 is 1.94 bits per heavy atom. The molecule has 0 aromatic carbocycles. The molecular weight excluding hydrogens is 287 g/mol. The van der Waals surface area contributed by atoms with Gasteiger partial charge in [0.1, 0.15) is 5.75 Å². The predicted octanol–water partition coefficient (Wildman–Crippen LogP) is 1.51. The first kappa shape index (κ1) is 13.8. The summed E-state index contributed by atoms with van der Waals surface area (Å²) in [5.74, 6) is -0.837. The van der Waals surface area contributed by atoms with Crippen LogP contribution in [0.1, 0.15) is 5.69 Å². The summed E-state index contributed by atoms with van der Waals surface area (Å²) >= 11 is 0. The SMILES string of the molecule is Cc1[nH]c(=O)c(S(=O)(=O)Cl)cc1OC(F)(F)F. The zero-order chi connectivity index (χ0) is 13.4. The van der Waals surface area contributed by atoms with Crippen LogP contribution < -0.4 is 10.3 Å². The molecule has 0 aliphatic carbocycles. The van der Waals surface area contributed by atoms with Gasteiger partial charge in [-0.3, -0.25) is 4.79 Å². The molecule has 0 unspecified atom stereocenters. The van der Waals surface area contributed by atoms with Crippen LogP contribution >= 0.6 is 10.7 Å². The number of aryl methyl sites for hydroxylation is 1. The van der Waals surface area contributed by atoms with Crippen molar-refractivity contribution < 1.29 is 26.3 Å². The molecule has 1 aromatic rings. The number of H-pyrrole nitrogens is 1. The first-order chi connectivity index (χ1) is 7.50. The number of aromatic nitrogens is 1. The molecule has 96 valence electrons. The van der Waals surface area contributed by atoms with Crippen molar-refractivity contribution in [3.63, 3.8) is 0 Å². The largest absolute Gasteiger partial charge is 0.573 e. The van der Waals surface area contributed by atoms with E-state index in [1.165, 1.54) is 0 Å². The molecule has 0 saturated carbocycles. The Kier molecular flexibility index (Phi) is 3.44. The Labute approximate surface area is 97.6 Å². The highest BCUT2D eigenvalue weighted by Crippen LogP contribution is 2.26. The molecule has 5 nitrogen and oxygen atoms in total. The summed E-state index contributed by atoms with van der Waals surface area (Å²) in [6.45, 7) is 1.12. The third kappa shape index (κ3) is 3.63. The summed E-state index contributed by atoms with van der Waals surface area (Å²) < 4.78 is 61.2. The molecule has 10 heteroatoms. The molecule has 0 bridgehead atoms. The van der Waals surface area contributed by atoms with Crippen molar-refractivity contribution in [2.75, 3.05) is 0 Å². The van der Waals surface area contributed by atoms with Crippen molar-refractivity contribution in [3.8, 4) is 5.75 Å². The minimum absolute atomic E-state index is 0.267. The number of pyridine rings is 1. The van der Waals surface area contributed by atoms with Gasteiger partial charge in [-0.15, -0.1) is 13.2 Å². The zero-order valence-corrected chi connectivity index (χ0v) is 9.70. The molecule has 0 saturated heterocycles. The number of rotatable bonds is 2. The molecule has 0 atom stereocenters. The van der Waals surface area contributed by atoms with E-state index in [4.69, 9.17) is 10.7 Å². The van der Waals surface area contributed by atoms with Gasteiger partial charge in [-0.1, -0.05) is 0 Å². The van der Waals surface area contributed by atoms with E-state index in [1.54, 1.807) is 0 Å². The Hall–Kier alpha value is -1.22. The fraction of sp³-hybridized carbons (Fsp3) is 0.286. The van der Waals surface area contributed by atoms with Crippen molar-refractivity contribution in [3.05, 3.63) is 22.1 Å². The van der Waals surface area contributed by atoms with E-state index in [0.29, 0.717) is 6.07 Å². The van der Waals surface area contributed by atoms with Crippen LogP contribution in [-0.4, -0.2) is 19.8 Å². The molecule has 0 fully saturated rings. The monoisotopic (exact) mass is 291 g/mol. The van der Waals surface area contributed by atoms with Crippen molar-refractivity contribution in [1.82, 2.24) is 4.98 Å². The topological polar surface area (TPSA) is 76.2 Å². The van der Waals surface area contributed by atoms with E-state index in [2.05, 4.69) is 4.74 Å². The lowest BCUT2D eigenvalue weighted by Gasteiger charge is -2.11. The standard InChI is InChI=1S/C7H5ClF3NO4S/c1-3-4(16-7(9,10)11)2-5(6(13)12-3)17(8,14)15/h2H,1H3,(H,12,13). The van der Waals surface area contributed by atoms with Gasteiger partial charge in [0, 0.05) is 16.7 Å². The van der Waals surface area contributed by atoms with E-state index in [-0.39, 0.29) is 5.69 Å². The summed E-state index contributed by atoms with van der Waals surface area (Å²) in [4.78, 5) is 12.0. The minimum Gasteiger partial charge on any atom is -0.404 e. The molecule has 1 aromatic heterocycles. The van der Waals surface area contributed by atoms with Crippen LogP contribution in [0.3, 0.4) is 0 Å². The van der Waals surface area contributed by atoms with Gasteiger partial charge < -0.3 is 9.72 Å². The van der Waals surface area contributed by atoms with Gasteiger partial charge in [0.15, 0.2) is 4.90 Å². The third-order valence-corrected chi connectivity index (χ3v) is 2.97. The Morgan fingerprint density at radius 1 is 1.41 bits per heavy atom. The zero-order valence-electron chi connectivity index (χ0n) is 8.13. The first-order valence-corrected chi connectivity index (χ1v) is 6.26. The highest BCUT2D eigenvalue weighted by atomic mass is 35.7. The maximum atomic E-state index is 12.0. The molecule has 0 radical (unpaired) electrons. The van der Waals surface area contributed by atoms with E-state index < -0.39 is 31.6 Å². The highest BCUT2D eigenvalue weighted by molar-refractivity contribution is 8.13. The molecular formula is C7H5ClF3NO4S. The van der Waals surface area contributed by atoms with Gasteiger partial charge >= 0.3 is 6.36 Å². The maximum absolute atomic E-state index is 12.0. The lowest BCUT2D eigenvalue weighted by Crippen LogP contribution is -2.21. The number of ether oxygens (including phenoxy) is 1. The third-order valence-electron chi connectivity index (χ3n) is 1.64. The van der Waals surface area contributed by atoms with Gasteiger partial charge in [0.25, 0.3) is 14.6 Å². The molecule has 0 aliphatic heterocycles. The molecule has 1 heterocycles. The molecule has 1 N–H and O–H groups in total. The second-order valence-corrected chi connectivity index (χ2v) is 5.47. The fourth-order valence-electron chi connectivity index (χ4n) is 0.998. The van der Waals surface area contributed by atoms with Gasteiger partial charge in [-0.2, -0.15) is 0 Å². The normalized spacial score (nSPS) is 12.5. The lowest BCUT2D eigenvalue weighted by molar-refractivity contribution is -0.275. The maximum Gasteiger partial charge on any atom is 0.573 e. The van der Waals surface area contributed by atoms with Crippen LogP contribution in [0.4, 0.5) is 13.2 Å². The Morgan fingerprint density at radius 3 is 2.35 bits per heavy atom. The highest BCUT2D eigenvalue weighted by Gasteiger charge is 2.32. The molecule has 1 rings (SSSR count). The van der Waals surface area contributed by atoms with Gasteiger partial charge in [-0.05, 0) is 6.92 Å². The number of alkyl halides is 3. The van der Waals surface area contributed by atoms with Crippen LogP contribution in [0.25, 0.3) is 0 Å². The molecule has 17 heavy (non-hydrogen) atoms. The van der Waals surface area contributed by atoms with Crippen LogP contribution in [0.5, 0.6) is 5.75 Å². The van der Waals surface area contributed by atoms with Crippen molar-refractivity contribution in [2.45, 2.75) is 18.2 Å². The minimum atomic E-state index is -5.00. The summed E-state index contributed by atoms with van der Waals surface area (Å²) in [7, 11) is 0.428. The average molecular weight is 292 g/mol. The van der Waals surface area contributed by atoms with E-state index in [0.717, 1.165) is 6.92 Å². The second kappa shape index (κ2) is 4.22. The Balaban J connectivity index is 3.40. The lowest BCUT2D eigenvalue weighted by atomic mass is 10.3. The summed E-state index contributed by atoms with van der Waals surface area (Å²) in [6.07, 6.45) is -5.00. The second-order valence-electron chi connectivity index (χ2n) is 2.94. The van der Waals surface area contributed by atoms with Crippen LogP contribution in [-0.2, 0) is 9.05 Å². The summed E-state index contributed by atoms with van der Waals surface area (Å²) in [6, 6.07) is 0.421.